The molecule has 0 aliphatic heterocycles. The Morgan fingerprint density at radius 3 is 1.71 bits per heavy atom. The van der Waals surface area contributed by atoms with Gasteiger partial charge in [-0.1, -0.05) is 211 Å². The molecule has 73 heavy (non-hydrogen) atoms. The minimum atomic E-state index is -0.269. The number of ether oxygens (including phenoxy) is 1. The minimum absolute atomic E-state index is 0.203. The van der Waals surface area contributed by atoms with Gasteiger partial charge in [-0.05, 0) is 110 Å². The number of fused-ring (bicyclic) bond motifs is 3. The van der Waals surface area contributed by atoms with Gasteiger partial charge >= 0.3 is 0 Å². The minimum Gasteiger partial charge on any atom is -0.458 e. The first-order valence-electron chi connectivity index (χ1n) is 25.9. The van der Waals surface area contributed by atoms with Crippen LogP contribution in [0.4, 0.5) is 0 Å². The van der Waals surface area contributed by atoms with E-state index in [1.807, 2.05) is 6.20 Å². The highest BCUT2D eigenvalue weighted by atomic mass is 16.5. The Bertz CT molecular complexity index is 3630. The highest BCUT2D eigenvalue weighted by molar-refractivity contribution is 6.11. The molecule has 10 aromatic rings. The number of pyridine rings is 1. The van der Waals surface area contributed by atoms with E-state index in [0.29, 0.717) is 0 Å². The van der Waals surface area contributed by atoms with Crippen molar-refractivity contribution in [2.75, 3.05) is 0 Å². The lowest BCUT2D eigenvalue weighted by molar-refractivity contribution is -0.611. The van der Waals surface area contributed by atoms with Gasteiger partial charge in [-0.25, -0.2) is 4.98 Å². The van der Waals surface area contributed by atoms with E-state index in [1.54, 1.807) is 0 Å². The maximum absolute atomic E-state index is 7.11. The summed E-state index contributed by atoms with van der Waals surface area (Å²) in [7, 11) is 0. The fourth-order valence-corrected chi connectivity index (χ4v) is 10.8. The SMILES string of the molecule is CC(C)(C)c1cc(Oc2cccc(-n3[c-][n+](-c4cc(-c5ccccc5)cc(C(C)(C)c5ccccc5)c4)c(C(C)(C)C)c3C(C)(C)C)c2)cc2c1c1ccccc1n2-c1cc(C(C)(C)c2ccccc2)ccn1. The lowest BCUT2D eigenvalue weighted by Crippen LogP contribution is -2.41. The molecule has 0 atom stereocenters. The Kier molecular flexibility index (Phi) is 12.2. The second-order valence-corrected chi connectivity index (χ2v) is 24.1. The highest BCUT2D eigenvalue weighted by Crippen LogP contribution is 2.44. The lowest BCUT2D eigenvalue weighted by atomic mass is 9.77. The van der Waals surface area contributed by atoms with Crippen molar-refractivity contribution in [1.29, 1.82) is 0 Å². The number of benzene rings is 7. The van der Waals surface area contributed by atoms with Gasteiger partial charge in [0.1, 0.15) is 17.3 Å². The molecule has 5 nitrogen and oxygen atoms in total. The molecule has 0 unspecified atom stereocenters. The standard InChI is InChI=1S/C68H70N4O/c1-64(2,3)57-43-55(44-59-61(57)56-34-23-24-35-58(56)72(59)60-41-50(36-37-69-60)67(10,11)48-28-19-15-20-29-48)73-54-33-25-32-52(42-54)70-45-71(63(66(7,8)9)62(70)65(4,5)6)53-39-47(46-26-17-14-18-27-46)38-51(40-53)68(12,13)49-30-21-16-22-31-49/h14-44H,1-13H3. The van der Waals surface area contributed by atoms with Gasteiger partial charge in [0.25, 0.3) is 6.33 Å². The van der Waals surface area contributed by atoms with Crippen LogP contribution in [0.15, 0.2) is 188 Å². The van der Waals surface area contributed by atoms with Crippen LogP contribution in [0.1, 0.15) is 129 Å². The number of imidazole rings is 1. The average Bonchev–Trinajstić information content (AvgIpc) is 3.95. The van der Waals surface area contributed by atoms with Gasteiger partial charge in [-0.3, -0.25) is 13.7 Å². The Labute approximate surface area is 433 Å². The van der Waals surface area contributed by atoms with Crippen molar-refractivity contribution in [3.8, 4) is 39.8 Å². The maximum atomic E-state index is 7.11. The second-order valence-electron chi connectivity index (χ2n) is 24.1. The van der Waals surface area contributed by atoms with Crippen LogP contribution in [0.3, 0.4) is 0 Å². The predicted octanol–water partition coefficient (Wildman–Crippen LogP) is 17.0. The molecule has 10 rings (SSSR count). The van der Waals surface area contributed by atoms with E-state index < -0.39 is 0 Å². The summed E-state index contributed by atoms with van der Waals surface area (Å²) in [5.41, 5.74) is 13.9. The molecule has 0 saturated carbocycles. The fraction of sp³-hybridized carbons (Fsp3) is 0.265. The second kappa shape index (κ2) is 18.2. The van der Waals surface area contributed by atoms with E-state index in [1.165, 1.54) is 61.1 Å². The van der Waals surface area contributed by atoms with E-state index in [4.69, 9.17) is 9.72 Å². The molecule has 5 heteroatoms. The molecule has 0 radical (unpaired) electrons. The van der Waals surface area contributed by atoms with Gasteiger partial charge in [-0.2, -0.15) is 0 Å². The zero-order valence-electron chi connectivity index (χ0n) is 45.1. The zero-order chi connectivity index (χ0) is 51.7. The Balaban J connectivity index is 1.13. The third-order valence-electron chi connectivity index (χ3n) is 14.9. The number of aromatic nitrogens is 4. The van der Waals surface area contributed by atoms with Crippen molar-refractivity contribution in [3.05, 3.63) is 234 Å². The number of hydrogen-bond acceptors (Lipinski definition) is 2. The normalized spacial score (nSPS) is 12.7. The first-order valence-corrected chi connectivity index (χ1v) is 25.9. The predicted molar refractivity (Wildman–Crippen MR) is 303 cm³/mol. The molecule has 0 bridgehead atoms. The summed E-state index contributed by atoms with van der Waals surface area (Å²) >= 11 is 0. The molecule has 0 N–H and O–H groups in total. The molecule has 0 spiro atoms. The molecule has 3 aromatic heterocycles. The molecule has 0 fully saturated rings. The van der Waals surface area contributed by atoms with Gasteiger partial charge in [0.05, 0.1) is 33.8 Å². The van der Waals surface area contributed by atoms with Crippen LogP contribution >= 0.6 is 0 Å². The van der Waals surface area contributed by atoms with Crippen molar-refractivity contribution >= 4 is 21.8 Å². The molecular weight excluding hydrogens is 889 g/mol. The highest BCUT2D eigenvalue weighted by Gasteiger charge is 2.35. The van der Waals surface area contributed by atoms with Crippen LogP contribution in [0.2, 0.25) is 0 Å². The van der Waals surface area contributed by atoms with Gasteiger partial charge in [0, 0.05) is 33.9 Å². The summed E-state index contributed by atoms with van der Waals surface area (Å²) < 4.78 is 14.0. The Morgan fingerprint density at radius 2 is 1.08 bits per heavy atom. The van der Waals surface area contributed by atoms with Crippen LogP contribution in [-0.4, -0.2) is 14.1 Å². The third kappa shape index (κ3) is 9.20. The molecule has 0 aliphatic rings. The van der Waals surface area contributed by atoms with E-state index in [0.717, 1.165) is 39.7 Å². The average molecular weight is 959 g/mol. The van der Waals surface area contributed by atoms with Crippen LogP contribution in [0.25, 0.3) is 50.1 Å². The number of para-hydroxylation sites is 1. The van der Waals surface area contributed by atoms with Crippen LogP contribution < -0.4 is 9.30 Å². The van der Waals surface area contributed by atoms with Crippen molar-refractivity contribution in [2.45, 2.75) is 117 Å². The fourth-order valence-electron chi connectivity index (χ4n) is 10.8. The summed E-state index contributed by atoms with van der Waals surface area (Å²) in [6, 6.07) is 65.5. The molecule has 0 aliphatic carbocycles. The monoisotopic (exact) mass is 959 g/mol. The van der Waals surface area contributed by atoms with Gasteiger partial charge < -0.3 is 4.74 Å². The summed E-state index contributed by atoms with van der Waals surface area (Å²) in [5.74, 6) is 2.38. The van der Waals surface area contributed by atoms with Gasteiger partial charge in [-0.15, -0.1) is 0 Å². The topological polar surface area (TPSA) is 35.9 Å². The summed E-state index contributed by atoms with van der Waals surface area (Å²) in [5, 5.41) is 2.40. The van der Waals surface area contributed by atoms with E-state index in [2.05, 4.69) is 292 Å². The van der Waals surface area contributed by atoms with E-state index in [9.17, 15) is 0 Å². The van der Waals surface area contributed by atoms with Crippen molar-refractivity contribution in [3.63, 3.8) is 0 Å². The lowest BCUT2D eigenvalue weighted by Gasteiger charge is -2.31. The van der Waals surface area contributed by atoms with E-state index in [-0.39, 0.29) is 27.1 Å². The first kappa shape index (κ1) is 49.1. The van der Waals surface area contributed by atoms with E-state index >= 15 is 0 Å². The quantitative estimate of drug-likeness (QED) is 0.101. The molecule has 3 heterocycles. The van der Waals surface area contributed by atoms with Crippen molar-refractivity contribution in [1.82, 2.24) is 14.1 Å². The summed E-state index contributed by atoms with van der Waals surface area (Å²) in [4.78, 5) is 5.08. The van der Waals surface area contributed by atoms with Crippen LogP contribution in [-0.2, 0) is 27.1 Å². The Hall–Kier alpha value is -7.50. The first-order chi connectivity index (χ1) is 34.6. The summed E-state index contributed by atoms with van der Waals surface area (Å²) in [6.07, 6.45) is 5.93. The van der Waals surface area contributed by atoms with Crippen LogP contribution in [0, 0.1) is 6.33 Å². The zero-order valence-corrected chi connectivity index (χ0v) is 45.1. The van der Waals surface area contributed by atoms with Gasteiger partial charge in [0.2, 0.25) is 0 Å². The molecule has 0 saturated heterocycles. The number of hydrogen-bond donors (Lipinski definition) is 0. The van der Waals surface area contributed by atoms with Crippen molar-refractivity contribution < 1.29 is 9.30 Å². The maximum Gasteiger partial charge on any atom is 0.269 e. The number of nitrogens with zero attached hydrogens (tertiary/aromatic N) is 4. The molecular formula is C68H70N4O. The van der Waals surface area contributed by atoms with Crippen LogP contribution in [0.5, 0.6) is 11.5 Å². The largest absolute Gasteiger partial charge is 0.458 e. The Morgan fingerprint density at radius 1 is 0.466 bits per heavy atom. The van der Waals surface area contributed by atoms with Gasteiger partial charge in [0.15, 0.2) is 0 Å². The molecule has 7 aromatic carbocycles. The molecule has 0 amide bonds. The smallest absolute Gasteiger partial charge is 0.269 e. The van der Waals surface area contributed by atoms with Crippen molar-refractivity contribution in [2.24, 2.45) is 0 Å². The number of rotatable bonds is 10. The molecule has 368 valence electrons. The third-order valence-corrected chi connectivity index (χ3v) is 14.9. The summed E-state index contributed by atoms with van der Waals surface area (Å²) in [6.45, 7) is 30.0.